The summed E-state index contributed by atoms with van der Waals surface area (Å²) in [5, 5.41) is 20.3. The minimum absolute atomic E-state index is 0.00184. The van der Waals surface area contributed by atoms with Crippen LogP contribution in [0.4, 0.5) is 11.5 Å². The summed E-state index contributed by atoms with van der Waals surface area (Å²) in [7, 11) is 0. The second kappa shape index (κ2) is 5.76. The Hall–Kier alpha value is -2.44. The average molecular weight is 247 g/mol. The number of nitro groups is 1. The Morgan fingerprint density at radius 3 is 2.89 bits per heavy atom. The molecule has 0 aromatic carbocycles. The van der Waals surface area contributed by atoms with Gasteiger partial charge >= 0.3 is 0 Å². The molecule has 0 saturated carbocycles. The van der Waals surface area contributed by atoms with E-state index in [1.165, 1.54) is 12.3 Å². The third kappa shape index (κ3) is 3.27. The van der Waals surface area contributed by atoms with Crippen LogP contribution in [0.3, 0.4) is 0 Å². The van der Waals surface area contributed by atoms with Gasteiger partial charge in [0, 0.05) is 24.5 Å². The number of pyridine rings is 1. The predicted octanol–water partition coefficient (Wildman–Crippen LogP) is 1.76. The molecule has 0 aliphatic heterocycles. The van der Waals surface area contributed by atoms with E-state index in [4.69, 9.17) is 0 Å². The van der Waals surface area contributed by atoms with Crippen molar-refractivity contribution in [1.29, 1.82) is 0 Å². The van der Waals surface area contributed by atoms with Gasteiger partial charge in [0.05, 0.1) is 4.92 Å². The molecule has 94 valence electrons. The fraction of sp³-hybridized carbons (Fsp3) is 0.273. The maximum Gasteiger partial charge on any atom is 0.287 e. The van der Waals surface area contributed by atoms with E-state index in [0.717, 1.165) is 25.1 Å². The third-order valence-corrected chi connectivity index (χ3v) is 2.45. The molecule has 0 fully saturated rings. The van der Waals surface area contributed by atoms with E-state index in [0.29, 0.717) is 5.82 Å². The molecule has 0 spiro atoms. The van der Waals surface area contributed by atoms with E-state index in [1.54, 1.807) is 12.3 Å². The van der Waals surface area contributed by atoms with Gasteiger partial charge in [-0.05, 0) is 25.0 Å². The van der Waals surface area contributed by atoms with Gasteiger partial charge in [-0.2, -0.15) is 5.10 Å². The second-order valence-electron chi connectivity index (χ2n) is 3.77. The second-order valence-corrected chi connectivity index (χ2v) is 3.77. The van der Waals surface area contributed by atoms with Gasteiger partial charge < -0.3 is 5.32 Å². The van der Waals surface area contributed by atoms with Crippen molar-refractivity contribution in [2.45, 2.75) is 12.8 Å². The first-order chi connectivity index (χ1) is 8.75. The summed E-state index contributed by atoms with van der Waals surface area (Å²) >= 11 is 0. The summed E-state index contributed by atoms with van der Waals surface area (Å²) in [5.41, 5.74) is 1.09. The maximum atomic E-state index is 10.4. The molecular formula is C11H13N5O2. The van der Waals surface area contributed by atoms with Crippen LogP contribution in [0.15, 0.2) is 30.6 Å². The Bertz CT molecular complexity index is 495. The van der Waals surface area contributed by atoms with Crippen LogP contribution in [0.2, 0.25) is 0 Å². The Labute approximate surface area is 103 Å². The maximum absolute atomic E-state index is 10.4. The fourth-order valence-corrected chi connectivity index (χ4v) is 1.52. The summed E-state index contributed by atoms with van der Waals surface area (Å²) in [4.78, 5) is 13.9. The lowest BCUT2D eigenvalue weighted by molar-refractivity contribution is -0.385. The largest absolute Gasteiger partial charge is 0.370 e. The molecule has 0 aliphatic rings. The zero-order valence-corrected chi connectivity index (χ0v) is 9.67. The number of aromatic nitrogens is 3. The molecule has 0 radical (unpaired) electrons. The molecule has 7 heteroatoms. The van der Waals surface area contributed by atoms with Crippen LogP contribution in [0.25, 0.3) is 0 Å². The SMILES string of the molecule is O=[N+]([O-])c1ccc(NCCCc2ccn[nH]2)nc1. The van der Waals surface area contributed by atoms with E-state index in [1.807, 2.05) is 6.07 Å². The van der Waals surface area contributed by atoms with Crippen molar-refractivity contribution < 1.29 is 4.92 Å². The van der Waals surface area contributed by atoms with Crippen molar-refractivity contribution in [3.05, 3.63) is 46.4 Å². The van der Waals surface area contributed by atoms with Crippen LogP contribution in [0.1, 0.15) is 12.1 Å². The van der Waals surface area contributed by atoms with Gasteiger partial charge in [-0.15, -0.1) is 0 Å². The van der Waals surface area contributed by atoms with E-state index in [9.17, 15) is 10.1 Å². The van der Waals surface area contributed by atoms with Crippen molar-refractivity contribution in [2.24, 2.45) is 0 Å². The lowest BCUT2D eigenvalue weighted by Crippen LogP contribution is -2.04. The summed E-state index contributed by atoms with van der Waals surface area (Å²) in [6, 6.07) is 4.97. The summed E-state index contributed by atoms with van der Waals surface area (Å²) < 4.78 is 0. The molecule has 2 heterocycles. The number of nitrogens with zero attached hydrogens (tertiary/aromatic N) is 3. The zero-order valence-electron chi connectivity index (χ0n) is 9.67. The molecular weight excluding hydrogens is 234 g/mol. The number of H-pyrrole nitrogens is 1. The molecule has 0 amide bonds. The smallest absolute Gasteiger partial charge is 0.287 e. The van der Waals surface area contributed by atoms with Crippen LogP contribution < -0.4 is 5.32 Å². The van der Waals surface area contributed by atoms with Gasteiger partial charge in [-0.25, -0.2) is 4.98 Å². The topological polar surface area (TPSA) is 96.7 Å². The number of aryl methyl sites for hydroxylation is 1. The first kappa shape index (κ1) is 12.0. The lowest BCUT2D eigenvalue weighted by atomic mass is 10.2. The van der Waals surface area contributed by atoms with E-state index in [2.05, 4.69) is 20.5 Å². The first-order valence-electron chi connectivity index (χ1n) is 5.58. The van der Waals surface area contributed by atoms with Crippen molar-refractivity contribution in [3.63, 3.8) is 0 Å². The Morgan fingerprint density at radius 1 is 1.39 bits per heavy atom. The minimum Gasteiger partial charge on any atom is -0.370 e. The van der Waals surface area contributed by atoms with Crippen molar-refractivity contribution in [2.75, 3.05) is 11.9 Å². The molecule has 0 bridgehead atoms. The van der Waals surface area contributed by atoms with Gasteiger partial charge in [0.2, 0.25) is 0 Å². The van der Waals surface area contributed by atoms with Gasteiger partial charge in [-0.1, -0.05) is 0 Å². The lowest BCUT2D eigenvalue weighted by Gasteiger charge is -2.04. The highest BCUT2D eigenvalue weighted by Gasteiger charge is 2.04. The van der Waals surface area contributed by atoms with Crippen molar-refractivity contribution >= 4 is 11.5 Å². The molecule has 2 rings (SSSR count). The number of nitrogens with one attached hydrogen (secondary N) is 2. The minimum atomic E-state index is -0.463. The van der Waals surface area contributed by atoms with E-state index < -0.39 is 4.92 Å². The van der Waals surface area contributed by atoms with Crippen LogP contribution in [-0.4, -0.2) is 26.6 Å². The fourth-order valence-electron chi connectivity index (χ4n) is 1.52. The Kier molecular flexibility index (Phi) is 3.85. The van der Waals surface area contributed by atoms with E-state index in [-0.39, 0.29) is 5.69 Å². The predicted molar refractivity (Wildman–Crippen MR) is 66.3 cm³/mol. The van der Waals surface area contributed by atoms with Crippen LogP contribution in [-0.2, 0) is 6.42 Å². The highest BCUT2D eigenvalue weighted by Crippen LogP contribution is 2.11. The Balaban J connectivity index is 1.75. The highest BCUT2D eigenvalue weighted by molar-refractivity contribution is 5.39. The zero-order chi connectivity index (χ0) is 12.8. The molecule has 0 aliphatic carbocycles. The normalized spacial score (nSPS) is 10.2. The quantitative estimate of drug-likeness (QED) is 0.460. The molecule has 2 aromatic heterocycles. The number of anilines is 1. The Morgan fingerprint density at radius 2 is 2.28 bits per heavy atom. The summed E-state index contributed by atoms with van der Waals surface area (Å²) in [5.74, 6) is 0.644. The number of rotatable bonds is 6. The molecule has 0 unspecified atom stereocenters. The number of hydrogen-bond donors (Lipinski definition) is 2. The first-order valence-corrected chi connectivity index (χ1v) is 5.58. The van der Waals surface area contributed by atoms with Gasteiger partial charge in [0.1, 0.15) is 12.0 Å². The molecule has 18 heavy (non-hydrogen) atoms. The molecule has 0 saturated heterocycles. The molecule has 7 nitrogen and oxygen atoms in total. The van der Waals surface area contributed by atoms with Crippen LogP contribution in [0.5, 0.6) is 0 Å². The molecule has 2 aromatic rings. The number of aromatic amines is 1. The highest BCUT2D eigenvalue weighted by atomic mass is 16.6. The third-order valence-electron chi connectivity index (χ3n) is 2.45. The van der Waals surface area contributed by atoms with Crippen molar-refractivity contribution in [1.82, 2.24) is 15.2 Å². The molecule has 2 N–H and O–H groups in total. The number of hydrogen-bond acceptors (Lipinski definition) is 5. The average Bonchev–Trinajstić information content (AvgIpc) is 2.88. The van der Waals surface area contributed by atoms with E-state index >= 15 is 0 Å². The standard InChI is InChI=1S/C11H13N5O2/c17-16(18)10-3-4-11(13-8-10)12-6-1-2-9-5-7-14-15-9/h3-5,7-8H,1-2,6H2,(H,12,13)(H,14,15). The van der Waals surface area contributed by atoms with Crippen molar-refractivity contribution in [3.8, 4) is 0 Å². The van der Waals surface area contributed by atoms with Gasteiger partial charge in [0.15, 0.2) is 0 Å². The summed E-state index contributed by atoms with van der Waals surface area (Å²) in [6.07, 6.45) is 4.80. The van der Waals surface area contributed by atoms with Crippen LogP contribution >= 0.6 is 0 Å². The summed E-state index contributed by atoms with van der Waals surface area (Å²) in [6.45, 7) is 0.754. The van der Waals surface area contributed by atoms with Crippen LogP contribution in [0, 0.1) is 10.1 Å². The molecule has 0 atom stereocenters. The monoisotopic (exact) mass is 247 g/mol. The van der Waals surface area contributed by atoms with Gasteiger partial charge in [-0.3, -0.25) is 15.2 Å². The van der Waals surface area contributed by atoms with Gasteiger partial charge in [0.25, 0.3) is 5.69 Å².